The van der Waals surface area contributed by atoms with Gasteiger partial charge >= 0.3 is 0 Å². The van der Waals surface area contributed by atoms with Crippen molar-refractivity contribution in [2.45, 2.75) is 33.1 Å². The van der Waals surface area contributed by atoms with Crippen LogP contribution >= 0.6 is 0 Å². The van der Waals surface area contributed by atoms with Gasteiger partial charge < -0.3 is 4.90 Å². The number of rotatable bonds is 4. The highest BCUT2D eigenvalue weighted by molar-refractivity contribution is 5.78. The molecule has 0 bridgehead atoms. The van der Waals surface area contributed by atoms with E-state index in [9.17, 15) is 4.79 Å². The molecule has 1 amide bonds. The van der Waals surface area contributed by atoms with Crippen molar-refractivity contribution in [3.63, 3.8) is 0 Å². The molecule has 0 saturated carbocycles. The number of carbonyl (C=O) groups is 1. The first-order valence-electron chi connectivity index (χ1n) is 5.30. The lowest BCUT2D eigenvalue weighted by Crippen LogP contribution is -2.26. The Hall–Kier alpha value is -1.04. The second-order valence-electron chi connectivity index (χ2n) is 4.31. The van der Waals surface area contributed by atoms with Crippen LogP contribution in [0.3, 0.4) is 0 Å². The second-order valence-corrected chi connectivity index (χ2v) is 4.31. The van der Waals surface area contributed by atoms with E-state index in [1.807, 2.05) is 4.90 Å². The molecule has 78 valence electrons. The van der Waals surface area contributed by atoms with E-state index in [2.05, 4.69) is 19.9 Å². The molecule has 1 saturated heterocycles. The summed E-state index contributed by atoms with van der Waals surface area (Å²) < 4.78 is 0. The van der Waals surface area contributed by atoms with Gasteiger partial charge in [-0.3, -0.25) is 4.79 Å². The predicted octanol–water partition coefficient (Wildman–Crippen LogP) is 1.79. The third-order valence-electron chi connectivity index (χ3n) is 2.90. The Labute approximate surface area is 85.7 Å². The summed E-state index contributed by atoms with van der Waals surface area (Å²) in [4.78, 5) is 13.4. The van der Waals surface area contributed by atoms with Crippen molar-refractivity contribution in [3.05, 3.63) is 0 Å². The number of nitriles is 1. The number of nitrogens with zero attached hydrogens (tertiary/aromatic N) is 2. The summed E-state index contributed by atoms with van der Waals surface area (Å²) in [5, 5.41) is 8.39. The fraction of sp³-hybridized carbons (Fsp3) is 0.818. The molecule has 3 nitrogen and oxygen atoms in total. The molecule has 0 aromatic carbocycles. The highest BCUT2D eigenvalue weighted by atomic mass is 16.2. The molecule has 1 fully saturated rings. The summed E-state index contributed by atoms with van der Waals surface area (Å²) in [7, 11) is 0. The van der Waals surface area contributed by atoms with Crippen molar-refractivity contribution in [2.24, 2.45) is 11.8 Å². The van der Waals surface area contributed by atoms with Gasteiger partial charge in [-0.15, -0.1) is 0 Å². The van der Waals surface area contributed by atoms with Gasteiger partial charge in [-0.05, 0) is 18.3 Å². The van der Waals surface area contributed by atoms with E-state index in [1.165, 1.54) is 0 Å². The zero-order chi connectivity index (χ0) is 10.6. The van der Waals surface area contributed by atoms with Crippen LogP contribution in [0.4, 0.5) is 0 Å². The lowest BCUT2D eigenvalue weighted by Gasteiger charge is -2.17. The summed E-state index contributed by atoms with van der Waals surface area (Å²) >= 11 is 0. The summed E-state index contributed by atoms with van der Waals surface area (Å²) in [6.45, 7) is 5.98. The first-order valence-corrected chi connectivity index (χ1v) is 5.30. The number of hydrogen-bond donors (Lipinski definition) is 0. The average molecular weight is 194 g/mol. The van der Waals surface area contributed by atoms with E-state index in [0.717, 1.165) is 19.5 Å². The Morgan fingerprint density at radius 3 is 2.86 bits per heavy atom. The Kier molecular flexibility index (Phi) is 3.94. The molecule has 0 aromatic heterocycles. The number of unbranched alkanes of at least 4 members (excludes halogenated alkanes) is 1. The first-order chi connectivity index (χ1) is 6.65. The van der Waals surface area contributed by atoms with Crippen LogP contribution < -0.4 is 0 Å². The van der Waals surface area contributed by atoms with Crippen LogP contribution in [0.15, 0.2) is 0 Å². The van der Waals surface area contributed by atoms with Crippen LogP contribution in [0, 0.1) is 23.2 Å². The van der Waals surface area contributed by atoms with Crippen LogP contribution in [-0.4, -0.2) is 23.9 Å². The molecule has 0 N–H and O–H groups in total. The minimum Gasteiger partial charge on any atom is -0.342 e. The van der Waals surface area contributed by atoms with Crippen molar-refractivity contribution in [1.82, 2.24) is 4.90 Å². The minimum atomic E-state index is 0.265. The zero-order valence-electron chi connectivity index (χ0n) is 8.99. The quantitative estimate of drug-likeness (QED) is 0.640. The summed E-state index contributed by atoms with van der Waals surface area (Å²) in [5.74, 6) is 1.37. The molecule has 3 heteroatoms. The monoisotopic (exact) mass is 194 g/mol. The van der Waals surface area contributed by atoms with Crippen molar-refractivity contribution in [3.8, 4) is 6.07 Å². The number of likely N-dealkylation sites (tertiary alicyclic amines) is 1. The molecule has 1 heterocycles. The molecule has 0 aromatic rings. The molecule has 14 heavy (non-hydrogen) atoms. The molecular weight excluding hydrogens is 176 g/mol. The standard InChI is InChI=1S/C11H18N2O/c1-9(2)10-7-11(14)13(8-10)6-4-3-5-12/h9-10H,3-4,6-8H2,1-2H3. The van der Waals surface area contributed by atoms with Crippen molar-refractivity contribution >= 4 is 5.91 Å². The summed E-state index contributed by atoms with van der Waals surface area (Å²) in [6, 6.07) is 2.10. The Bertz CT molecular complexity index is 242. The number of hydrogen-bond acceptors (Lipinski definition) is 2. The summed E-state index contributed by atoms with van der Waals surface area (Å²) in [6.07, 6.45) is 2.06. The van der Waals surface area contributed by atoms with Crippen LogP contribution in [0.2, 0.25) is 0 Å². The average Bonchev–Trinajstić information content (AvgIpc) is 2.49. The molecule has 1 unspecified atom stereocenters. The van der Waals surface area contributed by atoms with E-state index in [1.54, 1.807) is 0 Å². The van der Waals surface area contributed by atoms with Crippen LogP contribution in [-0.2, 0) is 4.79 Å². The van der Waals surface area contributed by atoms with Crippen molar-refractivity contribution < 1.29 is 4.79 Å². The number of amides is 1. The van der Waals surface area contributed by atoms with E-state index >= 15 is 0 Å². The van der Waals surface area contributed by atoms with Crippen LogP contribution in [0.25, 0.3) is 0 Å². The lowest BCUT2D eigenvalue weighted by atomic mass is 9.95. The molecule has 1 rings (SSSR count). The maximum absolute atomic E-state index is 11.5. The van der Waals surface area contributed by atoms with E-state index in [-0.39, 0.29) is 5.91 Å². The third-order valence-corrected chi connectivity index (χ3v) is 2.90. The molecule has 0 spiro atoms. The van der Waals surface area contributed by atoms with Gasteiger partial charge in [-0.25, -0.2) is 0 Å². The van der Waals surface area contributed by atoms with Gasteiger partial charge in [0.05, 0.1) is 6.07 Å². The van der Waals surface area contributed by atoms with Gasteiger partial charge in [0.15, 0.2) is 0 Å². The highest BCUT2D eigenvalue weighted by Gasteiger charge is 2.30. The lowest BCUT2D eigenvalue weighted by molar-refractivity contribution is -0.127. The van der Waals surface area contributed by atoms with Crippen molar-refractivity contribution in [1.29, 1.82) is 5.26 Å². The van der Waals surface area contributed by atoms with Gasteiger partial charge in [-0.2, -0.15) is 5.26 Å². The number of carbonyl (C=O) groups excluding carboxylic acids is 1. The first kappa shape index (κ1) is 11.0. The molecule has 0 radical (unpaired) electrons. The smallest absolute Gasteiger partial charge is 0.222 e. The fourth-order valence-electron chi connectivity index (χ4n) is 1.81. The van der Waals surface area contributed by atoms with Gasteiger partial charge in [0.1, 0.15) is 0 Å². The Morgan fingerprint density at radius 2 is 2.36 bits per heavy atom. The van der Waals surface area contributed by atoms with Crippen molar-refractivity contribution in [2.75, 3.05) is 13.1 Å². The van der Waals surface area contributed by atoms with Gasteiger partial charge in [0, 0.05) is 25.9 Å². The Balaban J connectivity index is 2.34. The predicted molar refractivity (Wildman–Crippen MR) is 54.4 cm³/mol. The van der Waals surface area contributed by atoms with Gasteiger partial charge in [0.25, 0.3) is 0 Å². The molecule has 1 atom stereocenters. The molecule has 0 aliphatic carbocycles. The minimum absolute atomic E-state index is 0.265. The molecule has 1 aliphatic heterocycles. The second kappa shape index (κ2) is 4.99. The fourth-order valence-corrected chi connectivity index (χ4v) is 1.81. The normalized spacial score (nSPS) is 21.7. The maximum atomic E-state index is 11.5. The van der Waals surface area contributed by atoms with Gasteiger partial charge in [-0.1, -0.05) is 13.8 Å². The van der Waals surface area contributed by atoms with E-state index in [4.69, 9.17) is 5.26 Å². The topological polar surface area (TPSA) is 44.1 Å². The third kappa shape index (κ3) is 2.73. The van der Waals surface area contributed by atoms with E-state index < -0.39 is 0 Å². The zero-order valence-corrected chi connectivity index (χ0v) is 8.99. The van der Waals surface area contributed by atoms with E-state index in [0.29, 0.717) is 24.7 Å². The Morgan fingerprint density at radius 1 is 1.64 bits per heavy atom. The highest BCUT2D eigenvalue weighted by Crippen LogP contribution is 2.24. The van der Waals surface area contributed by atoms with Gasteiger partial charge in [0.2, 0.25) is 5.91 Å². The SMILES string of the molecule is CC(C)C1CC(=O)N(CCCC#N)C1. The largest absolute Gasteiger partial charge is 0.342 e. The molecular formula is C11H18N2O. The van der Waals surface area contributed by atoms with Crippen LogP contribution in [0.1, 0.15) is 33.1 Å². The molecule has 1 aliphatic rings. The van der Waals surface area contributed by atoms with Crippen LogP contribution in [0.5, 0.6) is 0 Å². The summed E-state index contributed by atoms with van der Waals surface area (Å²) in [5.41, 5.74) is 0. The maximum Gasteiger partial charge on any atom is 0.222 e.